The van der Waals surface area contributed by atoms with Gasteiger partial charge in [-0.3, -0.25) is 9.80 Å². The maximum atomic E-state index is 6.14. The summed E-state index contributed by atoms with van der Waals surface area (Å²) in [6.07, 6.45) is 7.35. The second-order valence-electron chi connectivity index (χ2n) is 7.73. The van der Waals surface area contributed by atoms with Gasteiger partial charge in [0.2, 0.25) is 0 Å². The molecule has 1 aromatic carbocycles. The van der Waals surface area contributed by atoms with E-state index in [0.717, 1.165) is 43.8 Å². The second-order valence-corrected chi connectivity index (χ2v) is 8.17. The normalized spacial score (nSPS) is 23.7. The molecule has 3 rings (SSSR count). The number of nitrogens with zero attached hydrogens (tertiary/aromatic N) is 3. The number of hydrogen-bond acceptors (Lipinski definition) is 3. The van der Waals surface area contributed by atoms with Crippen LogP contribution in [0.25, 0.3) is 0 Å². The van der Waals surface area contributed by atoms with Gasteiger partial charge in [0.05, 0.1) is 0 Å². The largest absolute Gasteiger partial charge is 0.369 e. The van der Waals surface area contributed by atoms with Gasteiger partial charge in [0.1, 0.15) is 0 Å². The Labute approximate surface area is 158 Å². The zero-order valence-corrected chi connectivity index (χ0v) is 16.5. The Morgan fingerprint density at radius 3 is 2.68 bits per heavy atom. The summed E-state index contributed by atoms with van der Waals surface area (Å²) in [5, 5.41) is 0.831. The second kappa shape index (κ2) is 9.07. The van der Waals surface area contributed by atoms with Gasteiger partial charge in [0.15, 0.2) is 0 Å². The van der Waals surface area contributed by atoms with E-state index in [1.807, 2.05) is 12.1 Å². The van der Waals surface area contributed by atoms with Crippen LogP contribution in [-0.4, -0.2) is 61.7 Å². The molecule has 0 aliphatic carbocycles. The van der Waals surface area contributed by atoms with Crippen molar-refractivity contribution in [2.45, 2.75) is 32.7 Å². The molecular weight excluding hydrogens is 330 g/mol. The molecule has 138 valence electrons. The van der Waals surface area contributed by atoms with Crippen molar-refractivity contribution in [3.63, 3.8) is 0 Å². The van der Waals surface area contributed by atoms with Crippen molar-refractivity contribution in [1.82, 2.24) is 9.80 Å². The number of likely N-dealkylation sites (tertiary alicyclic amines) is 1. The number of anilines is 1. The highest BCUT2D eigenvalue weighted by Gasteiger charge is 2.27. The van der Waals surface area contributed by atoms with Gasteiger partial charge in [-0.1, -0.05) is 43.7 Å². The van der Waals surface area contributed by atoms with Gasteiger partial charge < -0.3 is 4.90 Å². The number of piperazine rings is 1. The van der Waals surface area contributed by atoms with E-state index in [4.69, 9.17) is 11.6 Å². The van der Waals surface area contributed by atoms with Crippen molar-refractivity contribution in [2.75, 3.05) is 50.7 Å². The molecule has 3 nitrogen and oxygen atoms in total. The Balaban J connectivity index is 1.49. The lowest BCUT2D eigenvalue weighted by atomic mass is 10.0. The number of benzene rings is 1. The minimum atomic E-state index is 0.653. The van der Waals surface area contributed by atoms with E-state index >= 15 is 0 Å². The summed E-state index contributed by atoms with van der Waals surface area (Å²) in [6.45, 7) is 12.6. The van der Waals surface area contributed by atoms with Crippen molar-refractivity contribution >= 4 is 17.3 Å². The molecule has 2 aliphatic heterocycles. The standard InChI is InChI=1S/C21H32ClN3/c1-18(2)6-4-10-23-11-5-9-21(17-23)25-14-12-24(13-15-25)20-8-3-7-19(22)16-20/h3-4,6-8,16,18,21H,5,9-15,17H2,1-2H3/b6-4+. The molecule has 25 heavy (non-hydrogen) atoms. The van der Waals surface area contributed by atoms with E-state index in [9.17, 15) is 0 Å². The minimum Gasteiger partial charge on any atom is -0.369 e. The van der Waals surface area contributed by atoms with Crippen LogP contribution >= 0.6 is 11.6 Å². The Hall–Kier alpha value is -1.03. The van der Waals surface area contributed by atoms with Crippen LogP contribution in [0.5, 0.6) is 0 Å². The highest BCUT2D eigenvalue weighted by Crippen LogP contribution is 2.23. The topological polar surface area (TPSA) is 9.72 Å². The fourth-order valence-electron chi connectivity index (χ4n) is 4.00. The number of piperidine rings is 1. The first-order chi connectivity index (χ1) is 12.1. The first-order valence-corrected chi connectivity index (χ1v) is 10.1. The lowest BCUT2D eigenvalue weighted by molar-refractivity contribution is 0.0990. The fourth-order valence-corrected chi connectivity index (χ4v) is 4.18. The van der Waals surface area contributed by atoms with Crippen LogP contribution in [0.3, 0.4) is 0 Å². The highest BCUT2D eigenvalue weighted by atomic mass is 35.5. The summed E-state index contributed by atoms with van der Waals surface area (Å²) in [7, 11) is 0. The Morgan fingerprint density at radius 1 is 1.16 bits per heavy atom. The smallest absolute Gasteiger partial charge is 0.0426 e. The maximum Gasteiger partial charge on any atom is 0.0426 e. The summed E-state index contributed by atoms with van der Waals surface area (Å²) in [4.78, 5) is 7.80. The van der Waals surface area contributed by atoms with Gasteiger partial charge >= 0.3 is 0 Å². The summed E-state index contributed by atoms with van der Waals surface area (Å²) >= 11 is 6.14. The van der Waals surface area contributed by atoms with Gasteiger partial charge in [-0.15, -0.1) is 0 Å². The summed E-state index contributed by atoms with van der Waals surface area (Å²) < 4.78 is 0. The van der Waals surface area contributed by atoms with Crippen molar-refractivity contribution in [1.29, 1.82) is 0 Å². The van der Waals surface area contributed by atoms with Crippen LogP contribution in [0.2, 0.25) is 5.02 Å². The molecule has 0 amide bonds. The molecule has 0 spiro atoms. The molecule has 2 fully saturated rings. The van der Waals surface area contributed by atoms with E-state index in [0.29, 0.717) is 5.92 Å². The third kappa shape index (κ3) is 5.47. The van der Waals surface area contributed by atoms with Gasteiger partial charge in [-0.2, -0.15) is 0 Å². The molecule has 2 heterocycles. The Kier molecular flexibility index (Phi) is 6.80. The van der Waals surface area contributed by atoms with Crippen LogP contribution in [0.1, 0.15) is 26.7 Å². The molecule has 1 unspecified atom stereocenters. The molecular formula is C21H32ClN3. The van der Waals surface area contributed by atoms with Crippen molar-refractivity contribution < 1.29 is 0 Å². The molecule has 4 heteroatoms. The van der Waals surface area contributed by atoms with Gasteiger partial charge in [0.25, 0.3) is 0 Å². The predicted octanol–water partition coefficient (Wildman–Crippen LogP) is 4.14. The van der Waals surface area contributed by atoms with Crippen LogP contribution < -0.4 is 4.90 Å². The molecule has 0 N–H and O–H groups in total. The number of hydrogen-bond donors (Lipinski definition) is 0. The third-order valence-corrected chi connectivity index (χ3v) is 5.60. The molecule has 0 saturated carbocycles. The zero-order valence-electron chi connectivity index (χ0n) is 15.7. The Morgan fingerprint density at radius 2 is 1.96 bits per heavy atom. The number of rotatable bonds is 5. The van der Waals surface area contributed by atoms with Crippen molar-refractivity contribution in [2.24, 2.45) is 5.92 Å². The Bertz CT molecular complexity index is 564. The lowest BCUT2D eigenvalue weighted by Crippen LogP contribution is -2.55. The molecule has 0 aromatic heterocycles. The quantitative estimate of drug-likeness (QED) is 0.730. The van der Waals surface area contributed by atoms with E-state index in [-0.39, 0.29) is 0 Å². The van der Waals surface area contributed by atoms with Crippen LogP contribution in [0.4, 0.5) is 5.69 Å². The van der Waals surface area contributed by atoms with E-state index in [2.05, 4.69) is 52.8 Å². The molecule has 1 aromatic rings. The van der Waals surface area contributed by atoms with Crippen molar-refractivity contribution in [3.8, 4) is 0 Å². The van der Waals surface area contributed by atoms with Crippen molar-refractivity contribution in [3.05, 3.63) is 41.4 Å². The maximum absolute atomic E-state index is 6.14. The summed E-state index contributed by atoms with van der Waals surface area (Å²) in [6, 6.07) is 8.98. The molecule has 0 bridgehead atoms. The SMILES string of the molecule is CC(C)/C=C/CN1CCCC(N2CCN(c3cccc(Cl)c3)CC2)C1. The van der Waals surface area contributed by atoms with E-state index in [1.54, 1.807) is 0 Å². The number of allylic oxidation sites excluding steroid dienone is 1. The zero-order chi connectivity index (χ0) is 17.6. The van der Waals surface area contributed by atoms with Crippen LogP contribution in [-0.2, 0) is 0 Å². The van der Waals surface area contributed by atoms with Crippen LogP contribution in [0, 0.1) is 5.92 Å². The molecule has 1 atom stereocenters. The first-order valence-electron chi connectivity index (χ1n) is 9.75. The fraction of sp³-hybridized carbons (Fsp3) is 0.619. The molecule has 0 radical (unpaired) electrons. The van der Waals surface area contributed by atoms with E-state index < -0.39 is 0 Å². The number of halogens is 1. The first kappa shape index (κ1) is 18.8. The third-order valence-electron chi connectivity index (χ3n) is 5.37. The minimum absolute atomic E-state index is 0.653. The average molecular weight is 362 g/mol. The highest BCUT2D eigenvalue weighted by molar-refractivity contribution is 6.30. The monoisotopic (exact) mass is 361 g/mol. The van der Waals surface area contributed by atoms with Gasteiger partial charge in [-0.05, 0) is 43.5 Å². The summed E-state index contributed by atoms with van der Waals surface area (Å²) in [5.74, 6) is 0.653. The molecule has 2 saturated heterocycles. The van der Waals surface area contributed by atoms with Gasteiger partial charge in [-0.25, -0.2) is 0 Å². The predicted molar refractivity (Wildman–Crippen MR) is 109 cm³/mol. The summed E-state index contributed by atoms with van der Waals surface area (Å²) in [5.41, 5.74) is 1.26. The van der Waals surface area contributed by atoms with Crippen LogP contribution in [0.15, 0.2) is 36.4 Å². The van der Waals surface area contributed by atoms with E-state index in [1.165, 1.54) is 31.6 Å². The van der Waals surface area contributed by atoms with Gasteiger partial charge in [0, 0.05) is 56.0 Å². The average Bonchev–Trinajstić information content (AvgIpc) is 2.62. The molecule has 2 aliphatic rings. The lowest BCUT2D eigenvalue weighted by Gasteiger charge is -2.43.